The molecule has 2 N–H and O–H groups in total. The third-order valence-corrected chi connectivity index (χ3v) is 6.04. The van der Waals surface area contributed by atoms with Crippen molar-refractivity contribution in [3.05, 3.63) is 58.5 Å². The molecule has 2 amide bonds. The SMILES string of the molecule is CCC(Oc1ccc(/C=C2/SC(=S)N(NC(=O)c3cccc(OC)c3)C2=O)cc1OC)C(=O)O. The van der Waals surface area contributed by atoms with Gasteiger partial charge in [-0.3, -0.25) is 15.0 Å². The number of benzene rings is 2. The summed E-state index contributed by atoms with van der Waals surface area (Å²) in [5.41, 5.74) is 3.43. The third kappa shape index (κ3) is 5.67. The number of methoxy groups -OCH3 is 2. The molecule has 1 saturated heterocycles. The smallest absolute Gasteiger partial charge is 0.344 e. The lowest BCUT2D eigenvalue weighted by atomic mass is 10.1. The molecule has 0 saturated carbocycles. The van der Waals surface area contributed by atoms with Crippen molar-refractivity contribution in [2.45, 2.75) is 19.4 Å². The minimum absolute atomic E-state index is 0.173. The Labute approximate surface area is 205 Å². The molecule has 9 nitrogen and oxygen atoms in total. The summed E-state index contributed by atoms with van der Waals surface area (Å²) in [5, 5.41) is 10.2. The monoisotopic (exact) mass is 502 g/mol. The van der Waals surface area contributed by atoms with Crippen molar-refractivity contribution in [1.82, 2.24) is 10.4 Å². The largest absolute Gasteiger partial charge is 0.497 e. The number of hydrogen-bond acceptors (Lipinski definition) is 8. The number of hydrazine groups is 1. The van der Waals surface area contributed by atoms with Gasteiger partial charge in [-0.1, -0.05) is 30.8 Å². The summed E-state index contributed by atoms with van der Waals surface area (Å²) in [6.45, 7) is 1.70. The average molecular weight is 503 g/mol. The lowest BCUT2D eigenvalue weighted by Gasteiger charge is -2.16. The highest BCUT2D eigenvalue weighted by Gasteiger charge is 2.34. The number of aliphatic carboxylic acids is 1. The Morgan fingerprint density at radius 3 is 2.59 bits per heavy atom. The molecule has 1 atom stereocenters. The van der Waals surface area contributed by atoms with E-state index in [1.54, 1.807) is 55.5 Å². The van der Waals surface area contributed by atoms with Gasteiger partial charge in [-0.2, -0.15) is 5.01 Å². The van der Waals surface area contributed by atoms with Crippen molar-refractivity contribution < 1.29 is 33.7 Å². The topological polar surface area (TPSA) is 114 Å². The number of nitrogens with zero attached hydrogens (tertiary/aromatic N) is 1. The first-order valence-electron chi connectivity index (χ1n) is 10.1. The van der Waals surface area contributed by atoms with Crippen LogP contribution in [0.1, 0.15) is 29.3 Å². The van der Waals surface area contributed by atoms with E-state index >= 15 is 0 Å². The lowest BCUT2D eigenvalue weighted by Crippen LogP contribution is -2.44. The standard InChI is InChI=1S/C23H22N2O7S2/c1-4-16(22(28)29)32-17-9-8-13(10-18(17)31-3)11-19-21(27)25(23(33)34-19)24-20(26)14-6-5-7-15(12-14)30-2/h5-12,16H,4H2,1-3H3,(H,24,26)(H,28,29)/b19-11+. The maximum atomic E-state index is 12.9. The molecule has 0 aliphatic carbocycles. The quantitative estimate of drug-likeness (QED) is 0.393. The molecule has 178 valence electrons. The fraction of sp³-hybridized carbons (Fsp3) is 0.217. The zero-order valence-corrected chi connectivity index (χ0v) is 20.2. The Morgan fingerprint density at radius 2 is 1.94 bits per heavy atom. The van der Waals surface area contributed by atoms with Crippen LogP contribution in [0.25, 0.3) is 6.08 Å². The highest BCUT2D eigenvalue weighted by atomic mass is 32.2. The first-order chi connectivity index (χ1) is 16.3. The zero-order chi connectivity index (χ0) is 24.8. The van der Waals surface area contributed by atoms with Gasteiger partial charge in [0.15, 0.2) is 21.9 Å². The third-order valence-electron chi connectivity index (χ3n) is 4.74. The second kappa shape index (κ2) is 11.0. The van der Waals surface area contributed by atoms with Crippen molar-refractivity contribution in [3.8, 4) is 17.2 Å². The van der Waals surface area contributed by atoms with Crippen LogP contribution in [0, 0.1) is 0 Å². The van der Waals surface area contributed by atoms with Gasteiger partial charge < -0.3 is 19.3 Å². The number of carboxylic acid groups (broad SMARTS) is 1. The normalized spacial score (nSPS) is 15.3. The maximum absolute atomic E-state index is 12.9. The van der Waals surface area contributed by atoms with Crippen LogP contribution in [0.15, 0.2) is 47.4 Å². The van der Waals surface area contributed by atoms with Crippen molar-refractivity contribution in [1.29, 1.82) is 0 Å². The number of carbonyl (C=O) groups excluding carboxylic acids is 2. The fourth-order valence-electron chi connectivity index (χ4n) is 2.98. The summed E-state index contributed by atoms with van der Waals surface area (Å²) in [6.07, 6.45) is 0.867. The Balaban J connectivity index is 1.77. The van der Waals surface area contributed by atoms with Crippen LogP contribution in [0.3, 0.4) is 0 Å². The Bertz CT molecular complexity index is 1170. The van der Waals surface area contributed by atoms with Crippen LogP contribution in [0.5, 0.6) is 17.2 Å². The van der Waals surface area contributed by atoms with Crippen molar-refractivity contribution in [2.24, 2.45) is 0 Å². The molecule has 0 radical (unpaired) electrons. The number of nitrogens with one attached hydrogen (secondary N) is 1. The van der Waals surface area contributed by atoms with Crippen LogP contribution >= 0.6 is 24.0 Å². The van der Waals surface area contributed by atoms with Crippen LogP contribution in [0.2, 0.25) is 0 Å². The second-order valence-corrected chi connectivity index (χ2v) is 8.63. The average Bonchev–Trinajstić information content (AvgIpc) is 3.09. The summed E-state index contributed by atoms with van der Waals surface area (Å²) in [5.74, 6) is -0.977. The van der Waals surface area contributed by atoms with E-state index in [1.807, 2.05) is 0 Å². The van der Waals surface area contributed by atoms with E-state index in [0.717, 1.165) is 16.8 Å². The molecule has 0 aromatic heterocycles. The number of thioether (sulfide) groups is 1. The van der Waals surface area contributed by atoms with E-state index in [4.69, 9.17) is 26.4 Å². The van der Waals surface area contributed by atoms with E-state index in [2.05, 4.69) is 5.43 Å². The predicted molar refractivity (Wildman–Crippen MR) is 131 cm³/mol. The number of thiocarbonyl (C=S) groups is 1. The van der Waals surface area contributed by atoms with Crippen molar-refractivity contribution in [2.75, 3.05) is 14.2 Å². The maximum Gasteiger partial charge on any atom is 0.344 e. The van der Waals surface area contributed by atoms with Crippen LogP contribution in [0.4, 0.5) is 0 Å². The van der Waals surface area contributed by atoms with Gasteiger partial charge in [-0.15, -0.1) is 0 Å². The molecule has 2 aromatic carbocycles. The molecule has 1 aliphatic heterocycles. The Hall–Kier alpha value is -3.57. The van der Waals surface area contributed by atoms with E-state index in [0.29, 0.717) is 27.5 Å². The molecule has 1 unspecified atom stereocenters. The summed E-state index contributed by atoms with van der Waals surface area (Å²) in [7, 11) is 2.92. The zero-order valence-electron chi connectivity index (χ0n) is 18.6. The Morgan fingerprint density at radius 1 is 1.18 bits per heavy atom. The van der Waals surface area contributed by atoms with Gasteiger partial charge in [0, 0.05) is 5.56 Å². The minimum atomic E-state index is -1.08. The van der Waals surface area contributed by atoms with Crippen molar-refractivity contribution in [3.63, 3.8) is 0 Å². The summed E-state index contributed by atoms with van der Waals surface area (Å²) in [4.78, 5) is 37.0. The first kappa shape index (κ1) is 25.1. The van der Waals surface area contributed by atoms with Crippen LogP contribution in [-0.4, -0.2) is 52.5 Å². The van der Waals surface area contributed by atoms with E-state index in [9.17, 15) is 19.5 Å². The molecule has 0 spiro atoms. The van der Waals surface area contributed by atoms with Gasteiger partial charge in [-0.05, 0) is 60.6 Å². The van der Waals surface area contributed by atoms with Crippen molar-refractivity contribution >= 4 is 52.2 Å². The molecule has 3 rings (SSSR count). The first-order valence-corrected chi connectivity index (χ1v) is 11.3. The number of hydrogen-bond donors (Lipinski definition) is 2. The lowest BCUT2D eigenvalue weighted by molar-refractivity contribution is -0.145. The molecule has 2 aromatic rings. The van der Waals surface area contributed by atoms with Gasteiger partial charge >= 0.3 is 5.97 Å². The highest BCUT2D eigenvalue weighted by molar-refractivity contribution is 8.26. The fourth-order valence-corrected chi connectivity index (χ4v) is 4.16. The molecule has 11 heteroatoms. The molecule has 1 aliphatic rings. The Kier molecular flexibility index (Phi) is 8.13. The molecule has 0 bridgehead atoms. The van der Waals surface area contributed by atoms with Gasteiger partial charge in [0.25, 0.3) is 11.8 Å². The molecular weight excluding hydrogens is 480 g/mol. The second-order valence-electron chi connectivity index (χ2n) is 6.95. The number of rotatable bonds is 9. The minimum Gasteiger partial charge on any atom is -0.497 e. The summed E-state index contributed by atoms with van der Waals surface area (Å²) < 4.78 is 16.1. The summed E-state index contributed by atoms with van der Waals surface area (Å²) >= 11 is 6.31. The number of carbonyl (C=O) groups is 3. The predicted octanol–water partition coefficient (Wildman–Crippen LogP) is 3.49. The highest BCUT2D eigenvalue weighted by Crippen LogP contribution is 2.34. The molecular formula is C23H22N2O7S2. The van der Waals surface area contributed by atoms with Crippen LogP contribution < -0.4 is 19.6 Å². The van der Waals surface area contributed by atoms with Gasteiger partial charge in [0.2, 0.25) is 0 Å². The number of carboxylic acids is 1. The van der Waals surface area contributed by atoms with Gasteiger partial charge in [-0.25, -0.2) is 4.79 Å². The molecule has 34 heavy (non-hydrogen) atoms. The summed E-state index contributed by atoms with van der Waals surface area (Å²) in [6, 6.07) is 11.4. The van der Waals surface area contributed by atoms with Crippen LogP contribution in [-0.2, 0) is 9.59 Å². The van der Waals surface area contributed by atoms with E-state index in [1.165, 1.54) is 14.2 Å². The van der Waals surface area contributed by atoms with E-state index < -0.39 is 23.9 Å². The number of ether oxygens (including phenoxy) is 3. The van der Waals surface area contributed by atoms with Gasteiger partial charge in [0.05, 0.1) is 19.1 Å². The number of amides is 2. The van der Waals surface area contributed by atoms with E-state index in [-0.39, 0.29) is 16.5 Å². The van der Waals surface area contributed by atoms with Gasteiger partial charge in [0.1, 0.15) is 5.75 Å². The molecule has 1 heterocycles. The molecule has 1 fully saturated rings.